The summed E-state index contributed by atoms with van der Waals surface area (Å²) in [6, 6.07) is 6.44. The molecule has 2 fully saturated rings. The Morgan fingerprint density at radius 2 is 2.16 bits per heavy atom. The van der Waals surface area contributed by atoms with E-state index in [4.69, 9.17) is 20.0 Å². The number of aliphatic imine (C=N–C) groups is 1. The smallest absolute Gasteiger partial charge is 0.217 e. The molecule has 0 radical (unpaired) electrons. The summed E-state index contributed by atoms with van der Waals surface area (Å²) in [5.74, 6) is 3.11. The molecular formula is C29H34N6O2. The summed E-state index contributed by atoms with van der Waals surface area (Å²) in [7, 11) is 3.97. The number of rotatable bonds is 5. The third-order valence-electron chi connectivity index (χ3n) is 9.50. The van der Waals surface area contributed by atoms with Crippen LogP contribution < -0.4 is 10.5 Å². The average Bonchev–Trinajstić information content (AvgIpc) is 3.59. The van der Waals surface area contributed by atoms with Crippen LogP contribution in [0.1, 0.15) is 73.0 Å². The van der Waals surface area contributed by atoms with E-state index in [0.29, 0.717) is 29.6 Å². The summed E-state index contributed by atoms with van der Waals surface area (Å²) < 4.78 is 12.6. The van der Waals surface area contributed by atoms with Gasteiger partial charge in [-0.25, -0.2) is 4.98 Å². The third kappa shape index (κ3) is 3.24. The molecule has 8 nitrogen and oxygen atoms in total. The lowest BCUT2D eigenvalue weighted by atomic mass is 9.50. The largest absolute Gasteiger partial charge is 0.473 e. The van der Waals surface area contributed by atoms with Gasteiger partial charge in [-0.1, -0.05) is 11.2 Å². The Morgan fingerprint density at radius 3 is 2.95 bits per heavy atom. The third-order valence-corrected chi connectivity index (χ3v) is 9.50. The fraction of sp³-hybridized carbons (Fsp3) is 0.517. The normalized spacial score (nSPS) is 28.9. The zero-order valence-corrected chi connectivity index (χ0v) is 21.8. The molecule has 5 aliphatic rings. The van der Waals surface area contributed by atoms with E-state index in [2.05, 4.69) is 40.1 Å². The van der Waals surface area contributed by atoms with Crippen molar-refractivity contribution in [2.45, 2.75) is 68.9 Å². The van der Waals surface area contributed by atoms with Gasteiger partial charge in [-0.2, -0.15) is 4.98 Å². The van der Waals surface area contributed by atoms with Crippen molar-refractivity contribution in [1.29, 1.82) is 0 Å². The van der Waals surface area contributed by atoms with Crippen molar-refractivity contribution in [3.05, 3.63) is 52.4 Å². The van der Waals surface area contributed by atoms with Crippen molar-refractivity contribution in [3.8, 4) is 17.4 Å². The number of nitrogens with zero attached hydrogens (tertiary/aromatic N) is 5. The van der Waals surface area contributed by atoms with Gasteiger partial charge in [0, 0.05) is 48.4 Å². The van der Waals surface area contributed by atoms with Gasteiger partial charge >= 0.3 is 0 Å². The lowest BCUT2D eigenvalue weighted by Gasteiger charge is -2.52. The Bertz CT molecular complexity index is 1390. The van der Waals surface area contributed by atoms with Crippen LogP contribution in [0.3, 0.4) is 0 Å². The lowest BCUT2D eigenvalue weighted by molar-refractivity contribution is 0.107. The summed E-state index contributed by atoms with van der Waals surface area (Å²) in [6.07, 6.45) is 10.3. The van der Waals surface area contributed by atoms with Gasteiger partial charge < -0.3 is 15.0 Å². The molecule has 1 saturated heterocycles. The van der Waals surface area contributed by atoms with Crippen molar-refractivity contribution in [1.82, 2.24) is 20.0 Å². The number of likely N-dealkylation sites (N-methyl/N-ethyl adjacent to an activating group) is 1. The van der Waals surface area contributed by atoms with Gasteiger partial charge in [-0.05, 0) is 88.1 Å². The molecular weight excluding hydrogens is 464 g/mol. The Hall–Kier alpha value is -3.26. The first-order valence-electron chi connectivity index (χ1n) is 13.6. The van der Waals surface area contributed by atoms with Crippen LogP contribution in [0, 0.1) is 5.92 Å². The van der Waals surface area contributed by atoms with E-state index < -0.39 is 0 Å². The number of hydrogen-bond donors (Lipinski definition) is 1. The molecule has 8 heteroatoms. The van der Waals surface area contributed by atoms with Crippen LogP contribution >= 0.6 is 0 Å². The molecule has 2 bridgehead atoms. The second kappa shape index (κ2) is 8.38. The number of anilines is 1. The van der Waals surface area contributed by atoms with E-state index in [1.54, 1.807) is 13.2 Å². The minimum Gasteiger partial charge on any atom is -0.473 e. The molecule has 3 heterocycles. The standard InChI is InChI=1S/C29H34N6O2/c1-16(22-5-4-12-35(22)3)36-23-9-11-32-28(33-23)26-24-18-13-19(14-18)29(27(24)37-34-26)10-8-17-6-7-21(30)20(15-31-2)25(17)29/h6-7,9,11,15-16,18-19,22H,4-5,8,10,12-14,30H2,1-3H3/t16-,18?,19?,22-,29+/m0/s1. The summed E-state index contributed by atoms with van der Waals surface area (Å²) in [5, 5.41) is 4.62. The highest BCUT2D eigenvalue weighted by atomic mass is 16.5. The van der Waals surface area contributed by atoms with E-state index in [-0.39, 0.29) is 11.5 Å². The number of likely N-dealkylation sites (tertiary alicyclic amines) is 1. The van der Waals surface area contributed by atoms with Crippen LogP contribution in [0.25, 0.3) is 11.5 Å². The number of nitrogens with two attached hydrogens (primary N) is 1. The first kappa shape index (κ1) is 22.9. The minimum atomic E-state index is -0.216. The van der Waals surface area contributed by atoms with Gasteiger partial charge in [-0.3, -0.25) is 9.89 Å². The molecule has 37 heavy (non-hydrogen) atoms. The van der Waals surface area contributed by atoms with Gasteiger partial charge in [0.2, 0.25) is 5.88 Å². The highest BCUT2D eigenvalue weighted by molar-refractivity contribution is 5.91. The van der Waals surface area contributed by atoms with Crippen LogP contribution in [0.5, 0.6) is 5.88 Å². The number of aryl methyl sites for hydroxylation is 1. The molecule has 1 saturated carbocycles. The molecule has 0 unspecified atom stereocenters. The van der Waals surface area contributed by atoms with E-state index in [1.807, 2.05) is 18.3 Å². The van der Waals surface area contributed by atoms with Crippen molar-refractivity contribution in [3.63, 3.8) is 0 Å². The van der Waals surface area contributed by atoms with E-state index in [0.717, 1.165) is 61.4 Å². The highest BCUT2D eigenvalue weighted by Gasteiger charge is 2.61. The summed E-state index contributed by atoms with van der Waals surface area (Å²) >= 11 is 0. The van der Waals surface area contributed by atoms with Crippen LogP contribution in [-0.4, -0.2) is 59.0 Å². The Kier molecular flexibility index (Phi) is 5.19. The minimum absolute atomic E-state index is 0.0521. The second-order valence-electron chi connectivity index (χ2n) is 11.3. The lowest BCUT2D eigenvalue weighted by Crippen LogP contribution is -2.47. The molecule has 192 valence electrons. The summed E-state index contributed by atoms with van der Waals surface area (Å²) in [6.45, 7) is 3.24. The SMILES string of the molecule is CN=Cc1c(N)ccc2c1[C@]1(CC2)c2onc(-c3nccc(O[C@@H](C)[C@@H]4CCCN4C)n3)c2C2CC1C2. The molecule has 1 spiro atoms. The maximum Gasteiger partial charge on any atom is 0.217 e. The van der Waals surface area contributed by atoms with Crippen molar-refractivity contribution >= 4 is 11.9 Å². The number of nitrogen functional groups attached to an aromatic ring is 1. The van der Waals surface area contributed by atoms with Crippen molar-refractivity contribution in [2.24, 2.45) is 10.9 Å². The zero-order valence-electron chi connectivity index (χ0n) is 21.8. The molecule has 3 atom stereocenters. The van der Waals surface area contributed by atoms with Crippen LogP contribution in [0.15, 0.2) is 33.9 Å². The fourth-order valence-electron chi connectivity index (χ4n) is 7.70. The fourth-order valence-corrected chi connectivity index (χ4v) is 7.70. The van der Waals surface area contributed by atoms with Gasteiger partial charge in [0.05, 0.1) is 5.41 Å². The van der Waals surface area contributed by atoms with Crippen LogP contribution in [-0.2, 0) is 11.8 Å². The number of benzene rings is 1. The van der Waals surface area contributed by atoms with E-state index in [1.165, 1.54) is 23.1 Å². The monoisotopic (exact) mass is 498 g/mol. The molecule has 2 N–H and O–H groups in total. The predicted molar refractivity (Wildman–Crippen MR) is 142 cm³/mol. The average molecular weight is 499 g/mol. The number of fused-ring (bicyclic) bond motifs is 1. The Morgan fingerprint density at radius 1 is 1.30 bits per heavy atom. The molecule has 4 aliphatic carbocycles. The van der Waals surface area contributed by atoms with Gasteiger partial charge in [0.1, 0.15) is 6.10 Å². The Labute approximate surface area is 217 Å². The number of ether oxygens (including phenoxy) is 1. The number of aromatic nitrogens is 3. The molecule has 8 rings (SSSR count). The molecule has 0 amide bonds. The van der Waals surface area contributed by atoms with Crippen LogP contribution in [0.4, 0.5) is 5.69 Å². The summed E-state index contributed by atoms with van der Waals surface area (Å²) in [5.41, 5.74) is 12.6. The maximum absolute atomic E-state index is 6.48. The second-order valence-corrected chi connectivity index (χ2v) is 11.3. The quantitative estimate of drug-likeness (QED) is 0.412. The number of hydrogen-bond acceptors (Lipinski definition) is 8. The Balaban J connectivity index is 1.29. The van der Waals surface area contributed by atoms with Crippen molar-refractivity contribution < 1.29 is 9.26 Å². The predicted octanol–water partition coefficient (Wildman–Crippen LogP) is 4.36. The van der Waals surface area contributed by atoms with Gasteiger partial charge in [0.15, 0.2) is 17.3 Å². The maximum atomic E-state index is 6.48. The zero-order chi connectivity index (χ0) is 25.3. The van der Waals surface area contributed by atoms with Crippen molar-refractivity contribution in [2.75, 3.05) is 26.4 Å². The summed E-state index contributed by atoms with van der Waals surface area (Å²) in [4.78, 5) is 16.2. The van der Waals surface area contributed by atoms with Gasteiger partial charge in [-0.15, -0.1) is 0 Å². The molecule has 1 aromatic carbocycles. The van der Waals surface area contributed by atoms with E-state index >= 15 is 0 Å². The van der Waals surface area contributed by atoms with Crippen LogP contribution in [0.2, 0.25) is 0 Å². The van der Waals surface area contributed by atoms with E-state index in [9.17, 15) is 0 Å². The molecule has 1 aliphatic heterocycles. The first-order chi connectivity index (χ1) is 18.0. The first-order valence-corrected chi connectivity index (χ1v) is 13.6. The highest BCUT2D eigenvalue weighted by Crippen LogP contribution is 2.66. The van der Waals surface area contributed by atoms with Gasteiger partial charge in [0.25, 0.3) is 0 Å². The topological polar surface area (TPSA) is 103 Å². The molecule has 3 aromatic rings. The molecule has 2 aromatic heterocycles.